The van der Waals surface area contributed by atoms with Gasteiger partial charge in [-0.15, -0.1) is 0 Å². The SMILES string of the molecule is COc1nccc(-c2c(C)cc(C)c(C)c2OC)n1. The summed E-state index contributed by atoms with van der Waals surface area (Å²) in [6.45, 7) is 6.18. The Morgan fingerprint density at radius 3 is 2.37 bits per heavy atom. The van der Waals surface area contributed by atoms with E-state index in [0.29, 0.717) is 6.01 Å². The molecule has 0 bridgehead atoms. The van der Waals surface area contributed by atoms with E-state index in [9.17, 15) is 0 Å². The Bertz CT molecular complexity index is 609. The van der Waals surface area contributed by atoms with Crippen LogP contribution in [0.4, 0.5) is 0 Å². The molecule has 0 amide bonds. The van der Waals surface area contributed by atoms with Gasteiger partial charge in [0.05, 0.1) is 19.9 Å². The summed E-state index contributed by atoms with van der Waals surface area (Å²) in [6, 6.07) is 4.36. The molecule has 4 heteroatoms. The zero-order chi connectivity index (χ0) is 14.0. The third kappa shape index (κ3) is 2.38. The molecule has 0 radical (unpaired) electrons. The molecule has 0 unspecified atom stereocenters. The Hall–Kier alpha value is -2.10. The van der Waals surface area contributed by atoms with E-state index in [1.165, 1.54) is 5.56 Å². The summed E-state index contributed by atoms with van der Waals surface area (Å²) in [4.78, 5) is 8.42. The largest absolute Gasteiger partial charge is 0.496 e. The van der Waals surface area contributed by atoms with Crippen molar-refractivity contribution in [3.63, 3.8) is 0 Å². The van der Waals surface area contributed by atoms with Crippen LogP contribution in [0.3, 0.4) is 0 Å². The first-order valence-corrected chi connectivity index (χ1v) is 6.10. The molecule has 19 heavy (non-hydrogen) atoms. The fourth-order valence-electron chi connectivity index (χ4n) is 2.20. The normalized spacial score (nSPS) is 10.4. The van der Waals surface area contributed by atoms with Crippen LogP contribution in [0.2, 0.25) is 0 Å². The van der Waals surface area contributed by atoms with E-state index in [-0.39, 0.29) is 0 Å². The van der Waals surface area contributed by atoms with E-state index in [2.05, 4.69) is 36.8 Å². The maximum atomic E-state index is 5.56. The molecule has 0 atom stereocenters. The summed E-state index contributed by atoms with van der Waals surface area (Å²) in [6.07, 6.45) is 1.69. The Labute approximate surface area is 113 Å². The molecule has 100 valence electrons. The van der Waals surface area contributed by atoms with Crippen molar-refractivity contribution in [3.05, 3.63) is 35.0 Å². The molecule has 0 aliphatic carbocycles. The Kier molecular flexibility index (Phi) is 3.69. The van der Waals surface area contributed by atoms with Crippen molar-refractivity contribution >= 4 is 0 Å². The van der Waals surface area contributed by atoms with Gasteiger partial charge in [0.25, 0.3) is 0 Å². The van der Waals surface area contributed by atoms with E-state index in [1.54, 1.807) is 20.4 Å². The van der Waals surface area contributed by atoms with Gasteiger partial charge in [-0.2, -0.15) is 4.98 Å². The number of aromatic nitrogens is 2. The maximum absolute atomic E-state index is 5.56. The highest BCUT2D eigenvalue weighted by Crippen LogP contribution is 2.36. The molecule has 4 nitrogen and oxygen atoms in total. The van der Waals surface area contributed by atoms with Crippen LogP contribution in [0, 0.1) is 20.8 Å². The van der Waals surface area contributed by atoms with E-state index in [4.69, 9.17) is 9.47 Å². The van der Waals surface area contributed by atoms with E-state index in [1.807, 2.05) is 6.07 Å². The molecular formula is C15H18N2O2. The number of methoxy groups -OCH3 is 2. The number of ether oxygens (including phenoxy) is 2. The second kappa shape index (κ2) is 5.26. The topological polar surface area (TPSA) is 44.2 Å². The van der Waals surface area contributed by atoms with Crippen LogP contribution < -0.4 is 9.47 Å². The van der Waals surface area contributed by atoms with Gasteiger partial charge < -0.3 is 9.47 Å². The van der Waals surface area contributed by atoms with Crippen LogP contribution in [0.5, 0.6) is 11.8 Å². The summed E-state index contributed by atoms with van der Waals surface area (Å²) >= 11 is 0. The molecule has 1 aromatic heterocycles. The lowest BCUT2D eigenvalue weighted by atomic mass is 9.97. The van der Waals surface area contributed by atoms with Crippen molar-refractivity contribution in [2.45, 2.75) is 20.8 Å². The van der Waals surface area contributed by atoms with Crippen molar-refractivity contribution in [1.29, 1.82) is 0 Å². The van der Waals surface area contributed by atoms with Crippen molar-refractivity contribution in [1.82, 2.24) is 9.97 Å². The van der Waals surface area contributed by atoms with Gasteiger partial charge in [-0.05, 0) is 43.5 Å². The number of aryl methyl sites for hydroxylation is 2. The fourth-order valence-corrected chi connectivity index (χ4v) is 2.20. The highest BCUT2D eigenvalue weighted by molar-refractivity contribution is 5.73. The van der Waals surface area contributed by atoms with Crippen molar-refractivity contribution in [3.8, 4) is 23.0 Å². The first kappa shape index (κ1) is 13.3. The number of hydrogen-bond donors (Lipinski definition) is 0. The maximum Gasteiger partial charge on any atom is 0.316 e. The summed E-state index contributed by atoms with van der Waals surface area (Å²) < 4.78 is 10.6. The minimum absolute atomic E-state index is 0.359. The number of hydrogen-bond acceptors (Lipinski definition) is 4. The van der Waals surface area contributed by atoms with E-state index in [0.717, 1.165) is 28.1 Å². The van der Waals surface area contributed by atoms with Gasteiger partial charge >= 0.3 is 6.01 Å². The average molecular weight is 258 g/mol. The van der Waals surface area contributed by atoms with Crippen LogP contribution in [0.25, 0.3) is 11.3 Å². The standard InChI is InChI=1S/C15H18N2O2/c1-9-8-10(2)13(14(18-4)11(9)3)12-6-7-16-15(17-12)19-5/h6-8H,1-5H3. The molecule has 0 aliphatic rings. The zero-order valence-corrected chi connectivity index (χ0v) is 11.9. The van der Waals surface area contributed by atoms with Crippen LogP contribution >= 0.6 is 0 Å². The molecule has 0 N–H and O–H groups in total. The van der Waals surface area contributed by atoms with Crippen molar-refractivity contribution in [2.24, 2.45) is 0 Å². The highest BCUT2D eigenvalue weighted by atomic mass is 16.5. The average Bonchev–Trinajstić information content (AvgIpc) is 2.42. The van der Waals surface area contributed by atoms with Crippen LogP contribution in [-0.4, -0.2) is 24.2 Å². The van der Waals surface area contributed by atoms with E-state index >= 15 is 0 Å². The second-order valence-corrected chi connectivity index (χ2v) is 4.47. The summed E-state index contributed by atoms with van der Waals surface area (Å²) in [7, 11) is 3.24. The minimum atomic E-state index is 0.359. The zero-order valence-electron chi connectivity index (χ0n) is 11.9. The third-order valence-corrected chi connectivity index (χ3v) is 3.26. The molecule has 0 saturated carbocycles. The lowest BCUT2D eigenvalue weighted by Crippen LogP contribution is -1.99. The Morgan fingerprint density at radius 2 is 1.74 bits per heavy atom. The summed E-state index contributed by atoms with van der Waals surface area (Å²) in [5, 5.41) is 0. The van der Waals surface area contributed by atoms with E-state index < -0.39 is 0 Å². The molecule has 0 saturated heterocycles. The monoisotopic (exact) mass is 258 g/mol. The van der Waals surface area contributed by atoms with Gasteiger partial charge in [0.15, 0.2) is 0 Å². The van der Waals surface area contributed by atoms with Crippen molar-refractivity contribution in [2.75, 3.05) is 14.2 Å². The predicted molar refractivity (Wildman–Crippen MR) is 74.8 cm³/mol. The highest BCUT2D eigenvalue weighted by Gasteiger charge is 2.15. The quantitative estimate of drug-likeness (QED) is 0.848. The van der Waals surface area contributed by atoms with Gasteiger partial charge in [0, 0.05) is 11.8 Å². The number of rotatable bonds is 3. The van der Waals surface area contributed by atoms with Crippen LogP contribution in [0.1, 0.15) is 16.7 Å². The molecular weight excluding hydrogens is 240 g/mol. The molecule has 2 rings (SSSR count). The van der Waals surface area contributed by atoms with Gasteiger partial charge in [0.1, 0.15) is 5.75 Å². The third-order valence-electron chi connectivity index (χ3n) is 3.26. The molecule has 0 spiro atoms. The fraction of sp³-hybridized carbons (Fsp3) is 0.333. The van der Waals surface area contributed by atoms with Gasteiger partial charge in [-0.1, -0.05) is 6.07 Å². The number of nitrogens with zero attached hydrogens (tertiary/aromatic N) is 2. The Balaban J connectivity index is 2.70. The van der Waals surface area contributed by atoms with Crippen molar-refractivity contribution < 1.29 is 9.47 Å². The smallest absolute Gasteiger partial charge is 0.316 e. The summed E-state index contributed by atoms with van der Waals surface area (Å²) in [5.41, 5.74) is 5.26. The Morgan fingerprint density at radius 1 is 1.00 bits per heavy atom. The first-order chi connectivity index (χ1) is 9.08. The van der Waals surface area contributed by atoms with Crippen LogP contribution in [0.15, 0.2) is 18.3 Å². The minimum Gasteiger partial charge on any atom is -0.496 e. The molecule has 1 heterocycles. The van der Waals surface area contributed by atoms with Gasteiger partial charge in [-0.3, -0.25) is 0 Å². The molecule has 2 aromatic rings. The lowest BCUT2D eigenvalue weighted by molar-refractivity contribution is 0.380. The first-order valence-electron chi connectivity index (χ1n) is 6.10. The van der Waals surface area contributed by atoms with Crippen LogP contribution in [-0.2, 0) is 0 Å². The number of benzene rings is 1. The van der Waals surface area contributed by atoms with Gasteiger partial charge in [-0.25, -0.2) is 4.98 Å². The molecule has 0 aliphatic heterocycles. The molecule has 0 fully saturated rings. The second-order valence-electron chi connectivity index (χ2n) is 4.47. The molecule has 1 aromatic carbocycles. The van der Waals surface area contributed by atoms with Gasteiger partial charge in [0.2, 0.25) is 0 Å². The predicted octanol–water partition coefficient (Wildman–Crippen LogP) is 3.09. The lowest BCUT2D eigenvalue weighted by Gasteiger charge is -2.16. The summed E-state index contributed by atoms with van der Waals surface area (Å²) in [5.74, 6) is 0.859.